The van der Waals surface area contributed by atoms with Crippen LogP contribution in [-0.2, 0) is 0 Å². The Bertz CT molecular complexity index is 137. The van der Waals surface area contributed by atoms with Gasteiger partial charge in [0.2, 0.25) is 0 Å². The highest BCUT2D eigenvalue weighted by atomic mass is 15.2. The van der Waals surface area contributed by atoms with Crippen molar-refractivity contribution in [1.29, 1.82) is 0 Å². The molecule has 1 fully saturated rings. The minimum absolute atomic E-state index is 0.278. The van der Waals surface area contributed by atoms with Crippen LogP contribution in [0.2, 0.25) is 0 Å². The topological polar surface area (TPSA) is 38.0 Å². The summed E-state index contributed by atoms with van der Waals surface area (Å²) in [5.74, 6) is 5.54. The Morgan fingerprint density at radius 3 is 1.91 bits per heavy atom. The predicted octanol–water partition coefficient (Wildman–Crippen LogP) is 1.66. The number of nitrogens with two attached hydrogens (primary N) is 1. The second-order valence-electron chi connectivity index (χ2n) is 5.12. The van der Waals surface area contributed by atoms with Gasteiger partial charge in [-0.25, -0.2) is 0 Å². The summed E-state index contributed by atoms with van der Waals surface area (Å²) in [7, 11) is 0. The molecule has 0 radical (unpaired) electrons. The quantitative estimate of drug-likeness (QED) is 0.471. The second-order valence-corrected chi connectivity index (χ2v) is 5.12. The van der Waals surface area contributed by atoms with Crippen molar-refractivity contribution in [2.45, 2.75) is 46.6 Å². The molecule has 0 aromatic heterocycles. The van der Waals surface area contributed by atoms with Gasteiger partial charge in [0, 0.05) is 6.04 Å². The summed E-state index contributed by atoms with van der Waals surface area (Å²) in [6, 6.07) is 0.454. The van der Waals surface area contributed by atoms with E-state index in [0.717, 1.165) is 0 Å². The first-order chi connectivity index (χ1) is 4.90. The lowest BCUT2D eigenvalue weighted by Crippen LogP contribution is -2.49. The van der Waals surface area contributed by atoms with E-state index in [0.29, 0.717) is 11.5 Å². The summed E-state index contributed by atoms with van der Waals surface area (Å²) in [6.07, 6.45) is 2.64. The van der Waals surface area contributed by atoms with Crippen molar-refractivity contribution in [3.63, 3.8) is 0 Å². The molecule has 0 spiro atoms. The highest BCUT2D eigenvalue weighted by Crippen LogP contribution is 2.52. The van der Waals surface area contributed by atoms with Crippen molar-refractivity contribution >= 4 is 0 Å². The number of hydrogen-bond acceptors (Lipinski definition) is 2. The molecule has 1 rings (SSSR count). The van der Waals surface area contributed by atoms with Gasteiger partial charge in [-0.15, -0.1) is 0 Å². The van der Waals surface area contributed by atoms with Crippen molar-refractivity contribution in [2.24, 2.45) is 16.7 Å². The average molecular weight is 156 g/mol. The average Bonchev–Trinajstić information content (AvgIpc) is 2.45. The molecule has 1 aliphatic rings. The molecule has 1 aliphatic carbocycles. The molecule has 1 unspecified atom stereocenters. The summed E-state index contributed by atoms with van der Waals surface area (Å²) >= 11 is 0. The molecule has 0 aromatic carbocycles. The molecule has 0 amide bonds. The van der Waals surface area contributed by atoms with Gasteiger partial charge in [0.15, 0.2) is 0 Å². The fourth-order valence-electron chi connectivity index (χ4n) is 1.98. The normalized spacial score (nSPS) is 24.8. The van der Waals surface area contributed by atoms with Gasteiger partial charge in [0.1, 0.15) is 0 Å². The molecule has 0 heterocycles. The van der Waals surface area contributed by atoms with Crippen LogP contribution < -0.4 is 11.3 Å². The maximum atomic E-state index is 5.54. The molecule has 66 valence electrons. The molecule has 0 aliphatic heterocycles. The highest BCUT2D eigenvalue weighted by Gasteiger charge is 2.48. The Morgan fingerprint density at radius 2 is 1.82 bits per heavy atom. The number of hydrazine groups is 1. The first-order valence-electron chi connectivity index (χ1n) is 4.36. The fourth-order valence-corrected chi connectivity index (χ4v) is 1.98. The monoisotopic (exact) mass is 156 g/mol. The van der Waals surface area contributed by atoms with Gasteiger partial charge in [-0.1, -0.05) is 27.7 Å². The Labute approximate surface area is 69.5 Å². The summed E-state index contributed by atoms with van der Waals surface area (Å²) < 4.78 is 0. The maximum absolute atomic E-state index is 5.54. The van der Waals surface area contributed by atoms with Crippen LogP contribution in [0.25, 0.3) is 0 Å². The van der Waals surface area contributed by atoms with E-state index in [1.807, 2.05) is 0 Å². The molecular weight excluding hydrogens is 136 g/mol. The maximum Gasteiger partial charge on any atom is 0.0312 e. The zero-order valence-electron chi connectivity index (χ0n) is 8.07. The number of rotatable bonds is 2. The molecule has 2 heteroatoms. The van der Waals surface area contributed by atoms with Gasteiger partial charge in [-0.2, -0.15) is 0 Å². The molecule has 0 bridgehead atoms. The summed E-state index contributed by atoms with van der Waals surface area (Å²) in [5, 5.41) is 0. The molecule has 0 aromatic rings. The fraction of sp³-hybridized carbons (Fsp3) is 1.00. The minimum atomic E-state index is 0.278. The van der Waals surface area contributed by atoms with E-state index < -0.39 is 0 Å². The van der Waals surface area contributed by atoms with Crippen LogP contribution in [0.4, 0.5) is 0 Å². The van der Waals surface area contributed by atoms with Crippen molar-refractivity contribution in [3.05, 3.63) is 0 Å². The lowest BCUT2D eigenvalue weighted by molar-refractivity contribution is 0.189. The van der Waals surface area contributed by atoms with Crippen LogP contribution in [0, 0.1) is 10.8 Å². The largest absolute Gasteiger partial charge is 0.271 e. The standard InChI is InChI=1S/C9H20N2/c1-8(2,3)7(11-10)9(4)5-6-9/h7,11H,5-6,10H2,1-4H3. The highest BCUT2D eigenvalue weighted by molar-refractivity contribution is 5.02. The zero-order chi connectivity index (χ0) is 8.70. The molecular formula is C9H20N2. The van der Waals surface area contributed by atoms with Crippen molar-refractivity contribution in [2.75, 3.05) is 0 Å². The van der Waals surface area contributed by atoms with Gasteiger partial charge >= 0.3 is 0 Å². The van der Waals surface area contributed by atoms with Crippen LogP contribution in [-0.4, -0.2) is 6.04 Å². The van der Waals surface area contributed by atoms with E-state index in [1.54, 1.807) is 0 Å². The Morgan fingerprint density at radius 1 is 1.36 bits per heavy atom. The van der Waals surface area contributed by atoms with E-state index >= 15 is 0 Å². The van der Waals surface area contributed by atoms with E-state index in [9.17, 15) is 0 Å². The van der Waals surface area contributed by atoms with E-state index in [2.05, 4.69) is 33.1 Å². The van der Waals surface area contributed by atoms with Crippen LogP contribution >= 0.6 is 0 Å². The lowest BCUT2D eigenvalue weighted by Gasteiger charge is -2.35. The van der Waals surface area contributed by atoms with Crippen molar-refractivity contribution < 1.29 is 0 Å². The van der Waals surface area contributed by atoms with Crippen LogP contribution in [0.3, 0.4) is 0 Å². The molecule has 1 atom stereocenters. The zero-order valence-corrected chi connectivity index (χ0v) is 8.07. The molecule has 2 nitrogen and oxygen atoms in total. The molecule has 11 heavy (non-hydrogen) atoms. The van der Waals surface area contributed by atoms with Crippen LogP contribution in [0.1, 0.15) is 40.5 Å². The molecule has 1 saturated carbocycles. The number of hydrogen-bond donors (Lipinski definition) is 2. The van der Waals surface area contributed by atoms with Gasteiger partial charge in [-0.05, 0) is 23.7 Å². The lowest BCUT2D eigenvalue weighted by atomic mass is 9.78. The SMILES string of the molecule is CC(C)(C)C(NN)C1(C)CC1. The Balaban J connectivity index is 2.64. The molecule has 0 saturated heterocycles. The van der Waals surface area contributed by atoms with Crippen molar-refractivity contribution in [1.82, 2.24) is 5.43 Å². The predicted molar refractivity (Wildman–Crippen MR) is 47.9 cm³/mol. The van der Waals surface area contributed by atoms with Gasteiger partial charge < -0.3 is 0 Å². The van der Waals surface area contributed by atoms with Gasteiger partial charge in [0.25, 0.3) is 0 Å². The van der Waals surface area contributed by atoms with Gasteiger partial charge in [0.05, 0.1) is 0 Å². The smallest absolute Gasteiger partial charge is 0.0312 e. The van der Waals surface area contributed by atoms with E-state index in [4.69, 9.17) is 5.84 Å². The molecule has 3 N–H and O–H groups in total. The summed E-state index contributed by atoms with van der Waals surface area (Å²) in [5.41, 5.74) is 3.69. The third-order valence-electron chi connectivity index (χ3n) is 2.77. The van der Waals surface area contributed by atoms with Crippen molar-refractivity contribution in [3.8, 4) is 0 Å². The summed E-state index contributed by atoms with van der Waals surface area (Å²) in [6.45, 7) is 9.02. The first-order valence-corrected chi connectivity index (χ1v) is 4.36. The second kappa shape index (κ2) is 2.46. The third-order valence-corrected chi connectivity index (χ3v) is 2.77. The van der Waals surface area contributed by atoms with E-state index in [-0.39, 0.29) is 5.41 Å². The Hall–Kier alpha value is -0.0800. The minimum Gasteiger partial charge on any atom is -0.271 e. The van der Waals surface area contributed by atoms with Crippen LogP contribution in [0.15, 0.2) is 0 Å². The third kappa shape index (κ3) is 1.74. The Kier molecular flexibility index (Phi) is 2.01. The first kappa shape index (κ1) is 9.01. The summed E-state index contributed by atoms with van der Waals surface area (Å²) in [4.78, 5) is 0. The van der Waals surface area contributed by atoms with E-state index in [1.165, 1.54) is 12.8 Å². The van der Waals surface area contributed by atoms with Crippen LogP contribution in [0.5, 0.6) is 0 Å². The number of nitrogens with one attached hydrogen (secondary N) is 1. The van der Waals surface area contributed by atoms with Gasteiger partial charge in [-0.3, -0.25) is 11.3 Å².